The molecule has 3 aromatic rings. The highest BCUT2D eigenvalue weighted by atomic mass is 127. The number of benzene rings is 2. The van der Waals surface area contributed by atoms with E-state index < -0.39 is 22.0 Å². The molecule has 0 spiro atoms. The lowest BCUT2D eigenvalue weighted by atomic mass is 10.2. The van der Waals surface area contributed by atoms with Gasteiger partial charge in [-0.05, 0) is 93.6 Å². The fourth-order valence-electron chi connectivity index (χ4n) is 2.71. The van der Waals surface area contributed by atoms with Gasteiger partial charge in [-0.3, -0.25) is 14.9 Å². The SMILES string of the molecule is CCOc1cc(/C=C/c2nc(O)c([N+](=O)[O-])c(=O)[nH]2)cc(I)c1OCc1ccc(I)cc1. The van der Waals surface area contributed by atoms with Crippen molar-refractivity contribution in [2.45, 2.75) is 13.5 Å². The summed E-state index contributed by atoms with van der Waals surface area (Å²) in [6, 6.07) is 11.6. The van der Waals surface area contributed by atoms with Crippen molar-refractivity contribution in [1.82, 2.24) is 9.97 Å². The van der Waals surface area contributed by atoms with Crippen molar-refractivity contribution in [3.63, 3.8) is 0 Å². The Morgan fingerprint density at radius 1 is 1.19 bits per heavy atom. The number of H-pyrrole nitrogens is 1. The van der Waals surface area contributed by atoms with Crippen LogP contribution in [0.1, 0.15) is 23.9 Å². The lowest BCUT2D eigenvalue weighted by Gasteiger charge is -2.15. The third-order valence-electron chi connectivity index (χ3n) is 4.14. The number of halogens is 2. The molecule has 3 rings (SSSR count). The zero-order valence-corrected chi connectivity index (χ0v) is 21.0. The fourth-order valence-corrected chi connectivity index (χ4v) is 3.85. The molecule has 2 N–H and O–H groups in total. The molecule has 0 atom stereocenters. The summed E-state index contributed by atoms with van der Waals surface area (Å²) in [7, 11) is 0. The number of aromatic amines is 1. The second-order valence-electron chi connectivity index (χ2n) is 6.39. The fraction of sp³-hybridized carbons (Fsp3) is 0.143. The summed E-state index contributed by atoms with van der Waals surface area (Å²) in [5, 5.41) is 20.5. The molecule has 0 saturated carbocycles. The van der Waals surface area contributed by atoms with Gasteiger partial charge < -0.3 is 19.6 Å². The van der Waals surface area contributed by atoms with Crippen LogP contribution in [0.15, 0.2) is 41.2 Å². The van der Waals surface area contributed by atoms with Crippen LogP contribution in [0.4, 0.5) is 5.69 Å². The minimum absolute atomic E-state index is 0.0231. The van der Waals surface area contributed by atoms with Crippen molar-refractivity contribution >= 4 is 63.0 Å². The second kappa shape index (κ2) is 10.8. The zero-order chi connectivity index (χ0) is 23.3. The topological polar surface area (TPSA) is 128 Å². The van der Waals surface area contributed by atoms with Crippen molar-refractivity contribution in [1.29, 1.82) is 0 Å². The summed E-state index contributed by atoms with van der Waals surface area (Å²) in [4.78, 5) is 27.5. The maximum absolute atomic E-state index is 11.8. The molecular formula is C21H17I2N3O6. The Labute approximate surface area is 209 Å². The molecule has 2 aromatic carbocycles. The molecule has 0 unspecified atom stereocenters. The van der Waals surface area contributed by atoms with E-state index in [1.807, 2.05) is 37.3 Å². The maximum atomic E-state index is 11.8. The molecule has 0 radical (unpaired) electrons. The smallest absolute Gasteiger partial charge is 0.395 e. The Balaban J connectivity index is 1.86. The predicted octanol–water partition coefficient (Wildman–Crippen LogP) is 4.74. The number of rotatable bonds is 8. The van der Waals surface area contributed by atoms with Gasteiger partial charge in [0.2, 0.25) is 0 Å². The van der Waals surface area contributed by atoms with Crippen molar-refractivity contribution in [2.24, 2.45) is 0 Å². The van der Waals surface area contributed by atoms with E-state index in [4.69, 9.17) is 9.47 Å². The van der Waals surface area contributed by atoms with Crippen LogP contribution < -0.4 is 15.0 Å². The van der Waals surface area contributed by atoms with Crippen LogP contribution in [0.2, 0.25) is 0 Å². The van der Waals surface area contributed by atoms with Crippen LogP contribution in [0, 0.1) is 17.3 Å². The van der Waals surface area contributed by atoms with Gasteiger partial charge in [0.25, 0.3) is 5.88 Å². The van der Waals surface area contributed by atoms with Crippen molar-refractivity contribution in [2.75, 3.05) is 6.61 Å². The Hall–Kier alpha value is -2.68. The number of ether oxygens (including phenoxy) is 2. The van der Waals surface area contributed by atoms with Crippen LogP contribution in [-0.4, -0.2) is 26.6 Å². The standard InChI is InChI=1S/C21H17I2N3O6/c1-2-31-16-10-13(5-8-17-24-20(27)18(26(29)30)21(28)25-17)9-15(23)19(16)32-11-12-3-6-14(22)7-4-12/h3-10H,2,11H2,1H3,(H2,24,25,27,28)/b8-5+. The Morgan fingerprint density at radius 3 is 2.53 bits per heavy atom. The average molecular weight is 661 g/mol. The summed E-state index contributed by atoms with van der Waals surface area (Å²) in [5.41, 5.74) is -0.281. The van der Waals surface area contributed by atoms with Crippen LogP contribution in [0.25, 0.3) is 12.2 Å². The molecule has 1 heterocycles. The molecule has 166 valence electrons. The highest BCUT2D eigenvalue weighted by molar-refractivity contribution is 14.1. The first-order chi connectivity index (χ1) is 15.3. The van der Waals surface area contributed by atoms with Crippen molar-refractivity contribution in [3.8, 4) is 17.4 Å². The molecule has 1 aromatic heterocycles. The second-order valence-corrected chi connectivity index (χ2v) is 8.80. The van der Waals surface area contributed by atoms with Crippen LogP contribution >= 0.6 is 45.2 Å². The molecule has 0 amide bonds. The molecule has 0 aliphatic carbocycles. The molecule has 0 aliphatic heterocycles. The zero-order valence-electron chi connectivity index (χ0n) is 16.7. The number of hydrogen-bond acceptors (Lipinski definition) is 7. The van der Waals surface area contributed by atoms with Gasteiger partial charge in [0.05, 0.1) is 15.1 Å². The molecule has 0 aliphatic rings. The van der Waals surface area contributed by atoms with Crippen LogP contribution in [0.5, 0.6) is 17.4 Å². The predicted molar refractivity (Wildman–Crippen MR) is 136 cm³/mol. The molecular weight excluding hydrogens is 644 g/mol. The van der Waals surface area contributed by atoms with Crippen molar-refractivity contribution < 1.29 is 19.5 Å². The van der Waals surface area contributed by atoms with Gasteiger partial charge in [-0.1, -0.05) is 18.2 Å². The third kappa shape index (κ3) is 5.97. The summed E-state index contributed by atoms with van der Waals surface area (Å²) < 4.78 is 13.7. The van der Waals surface area contributed by atoms with Gasteiger partial charge in [0.15, 0.2) is 11.5 Å². The van der Waals surface area contributed by atoms with Crippen LogP contribution in [-0.2, 0) is 6.61 Å². The number of aromatic nitrogens is 2. The minimum Gasteiger partial charge on any atom is -0.490 e. The van der Waals surface area contributed by atoms with E-state index in [0.29, 0.717) is 24.7 Å². The number of nitrogens with zero attached hydrogens (tertiary/aromatic N) is 2. The quantitative estimate of drug-likeness (QED) is 0.203. The maximum Gasteiger partial charge on any atom is 0.395 e. The largest absolute Gasteiger partial charge is 0.490 e. The van der Waals surface area contributed by atoms with Crippen LogP contribution in [0.3, 0.4) is 0 Å². The summed E-state index contributed by atoms with van der Waals surface area (Å²) >= 11 is 4.39. The van der Waals surface area contributed by atoms with E-state index in [1.165, 1.54) is 6.08 Å². The van der Waals surface area contributed by atoms with E-state index in [1.54, 1.807) is 12.1 Å². The third-order valence-corrected chi connectivity index (χ3v) is 5.66. The number of aromatic hydroxyl groups is 1. The first-order valence-electron chi connectivity index (χ1n) is 9.27. The number of nitro groups is 1. The highest BCUT2D eigenvalue weighted by Gasteiger charge is 2.21. The number of nitrogens with one attached hydrogen (secondary N) is 1. The van der Waals surface area contributed by atoms with Gasteiger partial charge >= 0.3 is 11.2 Å². The molecule has 9 nitrogen and oxygen atoms in total. The Morgan fingerprint density at radius 2 is 1.91 bits per heavy atom. The first kappa shape index (κ1) is 24.0. The first-order valence-corrected chi connectivity index (χ1v) is 11.4. The summed E-state index contributed by atoms with van der Waals surface area (Å²) in [6.07, 6.45) is 3.06. The molecule has 0 saturated heterocycles. The summed E-state index contributed by atoms with van der Waals surface area (Å²) in [5.74, 6) is 0.202. The lowest BCUT2D eigenvalue weighted by molar-refractivity contribution is -0.387. The lowest BCUT2D eigenvalue weighted by Crippen LogP contribution is -2.14. The van der Waals surface area contributed by atoms with Gasteiger partial charge in [-0.25, -0.2) is 0 Å². The highest BCUT2D eigenvalue weighted by Crippen LogP contribution is 2.35. The van der Waals surface area contributed by atoms with E-state index in [0.717, 1.165) is 18.3 Å². The summed E-state index contributed by atoms with van der Waals surface area (Å²) in [6.45, 7) is 2.69. The monoisotopic (exact) mass is 661 g/mol. The Kier molecular flexibility index (Phi) is 8.06. The van der Waals surface area contributed by atoms with E-state index in [-0.39, 0.29) is 5.82 Å². The van der Waals surface area contributed by atoms with Gasteiger partial charge in [0, 0.05) is 3.57 Å². The van der Waals surface area contributed by atoms with E-state index >= 15 is 0 Å². The normalized spacial score (nSPS) is 11.0. The van der Waals surface area contributed by atoms with Gasteiger partial charge in [0.1, 0.15) is 12.4 Å². The van der Waals surface area contributed by atoms with Crippen molar-refractivity contribution in [3.05, 3.63) is 81.0 Å². The van der Waals surface area contributed by atoms with Gasteiger partial charge in [-0.15, -0.1) is 0 Å². The molecule has 11 heteroatoms. The van der Waals surface area contributed by atoms with Gasteiger partial charge in [-0.2, -0.15) is 4.98 Å². The molecule has 0 bridgehead atoms. The molecule has 0 fully saturated rings. The Bertz CT molecular complexity index is 1230. The minimum atomic E-state index is -1.04. The molecule has 32 heavy (non-hydrogen) atoms. The average Bonchev–Trinajstić information content (AvgIpc) is 2.72. The van der Waals surface area contributed by atoms with E-state index in [2.05, 4.69) is 55.1 Å². The number of hydrogen-bond donors (Lipinski definition) is 2. The van der Waals surface area contributed by atoms with E-state index in [9.17, 15) is 20.0 Å².